The fraction of sp³-hybridized carbons (Fsp3) is 0.833. The van der Waals surface area contributed by atoms with Crippen molar-refractivity contribution in [3.05, 3.63) is 24.3 Å². The molecule has 0 heterocycles. The average Bonchev–Trinajstić information content (AvgIpc) is 3.01. The first-order chi connectivity index (χ1) is 21.8. The van der Waals surface area contributed by atoms with Gasteiger partial charge in [0.2, 0.25) is 0 Å². The van der Waals surface area contributed by atoms with E-state index in [1.165, 1.54) is 70.6 Å². The Hall–Kier alpha value is -1.47. The van der Waals surface area contributed by atoms with Gasteiger partial charge in [-0.2, -0.15) is 0 Å². The minimum absolute atomic E-state index is 0.00115. The Labute approximate surface area is 275 Å². The Balaban J connectivity index is 4.19. The van der Waals surface area contributed by atoms with Crippen LogP contribution in [-0.4, -0.2) is 42.8 Å². The van der Waals surface area contributed by atoms with Crippen LogP contribution in [0.2, 0.25) is 0 Å². The molecule has 0 fully saturated rings. The molecule has 0 aliphatic heterocycles. The number of hydrogen-bond donors (Lipinski definition) is 1. The second-order valence-electron chi connectivity index (χ2n) is 11.9. The summed E-state index contributed by atoms with van der Waals surface area (Å²) in [4.78, 5) is 34.4. The zero-order valence-corrected chi connectivity index (χ0v) is 29.9. The van der Waals surface area contributed by atoms with Crippen LogP contribution >= 0.6 is 7.82 Å². The van der Waals surface area contributed by atoms with Gasteiger partial charge in [0.05, 0.1) is 13.2 Å². The molecule has 264 valence electrons. The molecule has 0 radical (unpaired) electrons. The molecule has 0 spiro atoms. The fourth-order valence-corrected chi connectivity index (χ4v) is 5.59. The predicted octanol–water partition coefficient (Wildman–Crippen LogP) is 10.7. The van der Waals surface area contributed by atoms with Gasteiger partial charge in [-0.3, -0.25) is 18.6 Å². The Bertz CT molecular complexity index is 798. The van der Waals surface area contributed by atoms with E-state index in [1.54, 1.807) is 6.92 Å². The van der Waals surface area contributed by atoms with Crippen LogP contribution in [0.4, 0.5) is 0 Å². The van der Waals surface area contributed by atoms with Crippen LogP contribution in [0, 0.1) is 0 Å². The normalized spacial score (nSPS) is 13.8. The van der Waals surface area contributed by atoms with Crippen LogP contribution in [-0.2, 0) is 32.7 Å². The molecule has 9 heteroatoms. The van der Waals surface area contributed by atoms with Crippen LogP contribution in [0.25, 0.3) is 0 Å². The number of allylic oxidation sites excluding steroid dienone is 4. The van der Waals surface area contributed by atoms with Crippen molar-refractivity contribution in [2.24, 2.45) is 0 Å². The third kappa shape index (κ3) is 32.3. The van der Waals surface area contributed by atoms with Crippen molar-refractivity contribution in [2.75, 3.05) is 19.8 Å². The van der Waals surface area contributed by atoms with Crippen molar-refractivity contribution < 1.29 is 37.6 Å². The maximum absolute atomic E-state index is 12.5. The minimum Gasteiger partial charge on any atom is -0.462 e. The van der Waals surface area contributed by atoms with Crippen LogP contribution < -0.4 is 0 Å². The lowest BCUT2D eigenvalue weighted by molar-refractivity contribution is -0.161. The SMILES string of the molecule is CCCCCC/C=C\C/C=C\CCCCCCCC(=O)OC(COC(=O)CCCCCCCCCCC)COP(=O)(O)OCC. The number of phosphoric acid groups is 1. The molecule has 2 unspecified atom stereocenters. The molecule has 0 saturated carbocycles. The molecular weight excluding hydrogens is 591 g/mol. The van der Waals surface area contributed by atoms with E-state index in [0.29, 0.717) is 12.8 Å². The number of carbonyl (C=O) groups is 2. The van der Waals surface area contributed by atoms with Gasteiger partial charge in [0.15, 0.2) is 6.10 Å². The molecule has 1 N–H and O–H groups in total. The Kier molecular flexibility index (Phi) is 31.4. The van der Waals surface area contributed by atoms with Gasteiger partial charge < -0.3 is 14.4 Å². The molecule has 0 amide bonds. The van der Waals surface area contributed by atoms with Gasteiger partial charge in [-0.1, -0.05) is 128 Å². The van der Waals surface area contributed by atoms with Gasteiger partial charge in [-0.15, -0.1) is 0 Å². The van der Waals surface area contributed by atoms with Crippen LogP contribution in [0.15, 0.2) is 24.3 Å². The lowest BCUT2D eigenvalue weighted by Gasteiger charge is -2.19. The van der Waals surface area contributed by atoms with E-state index >= 15 is 0 Å². The molecule has 0 aliphatic carbocycles. The van der Waals surface area contributed by atoms with Gasteiger partial charge >= 0.3 is 19.8 Å². The summed E-state index contributed by atoms with van der Waals surface area (Å²) in [6.45, 7) is 5.40. The van der Waals surface area contributed by atoms with Crippen LogP contribution in [0.1, 0.15) is 168 Å². The van der Waals surface area contributed by atoms with E-state index in [-0.39, 0.29) is 25.6 Å². The van der Waals surface area contributed by atoms with Crippen molar-refractivity contribution >= 4 is 19.8 Å². The molecule has 0 aromatic heterocycles. The number of carbonyl (C=O) groups excluding carboxylic acids is 2. The number of unbranched alkanes of at least 4 members (excludes halogenated alkanes) is 17. The van der Waals surface area contributed by atoms with Crippen molar-refractivity contribution in [3.63, 3.8) is 0 Å². The van der Waals surface area contributed by atoms with Crippen LogP contribution in [0.3, 0.4) is 0 Å². The maximum atomic E-state index is 12.5. The zero-order valence-electron chi connectivity index (χ0n) is 29.0. The molecule has 0 aliphatic rings. The summed E-state index contributed by atoms with van der Waals surface area (Å²) in [6.07, 6.45) is 32.3. The second-order valence-corrected chi connectivity index (χ2v) is 13.3. The smallest absolute Gasteiger partial charge is 0.462 e. The topological polar surface area (TPSA) is 108 Å². The summed E-state index contributed by atoms with van der Waals surface area (Å²) in [6, 6.07) is 0. The first-order valence-electron chi connectivity index (χ1n) is 18.1. The highest BCUT2D eigenvalue weighted by molar-refractivity contribution is 7.47. The lowest BCUT2D eigenvalue weighted by Crippen LogP contribution is -2.29. The highest BCUT2D eigenvalue weighted by atomic mass is 31.2. The van der Waals surface area contributed by atoms with E-state index in [0.717, 1.165) is 57.8 Å². The second kappa shape index (κ2) is 32.5. The Morgan fingerprint density at radius 3 is 1.60 bits per heavy atom. The van der Waals surface area contributed by atoms with E-state index in [9.17, 15) is 19.0 Å². The summed E-state index contributed by atoms with van der Waals surface area (Å²) in [7, 11) is -4.27. The number of ether oxygens (including phenoxy) is 2. The summed E-state index contributed by atoms with van der Waals surface area (Å²) in [5.41, 5.74) is 0. The maximum Gasteiger partial charge on any atom is 0.472 e. The van der Waals surface area contributed by atoms with Crippen molar-refractivity contribution in [1.29, 1.82) is 0 Å². The van der Waals surface area contributed by atoms with E-state index in [2.05, 4.69) is 38.2 Å². The molecule has 0 bridgehead atoms. The number of esters is 2. The van der Waals surface area contributed by atoms with Gasteiger partial charge in [-0.05, 0) is 51.9 Å². The number of phosphoric ester groups is 1. The predicted molar refractivity (Wildman–Crippen MR) is 184 cm³/mol. The molecule has 0 aromatic rings. The minimum atomic E-state index is -4.27. The summed E-state index contributed by atoms with van der Waals surface area (Å²) >= 11 is 0. The highest BCUT2D eigenvalue weighted by Gasteiger charge is 2.25. The van der Waals surface area contributed by atoms with Gasteiger partial charge in [0, 0.05) is 12.8 Å². The van der Waals surface area contributed by atoms with E-state index in [1.807, 2.05) is 0 Å². The Morgan fingerprint density at radius 2 is 1.07 bits per heavy atom. The molecule has 45 heavy (non-hydrogen) atoms. The number of rotatable bonds is 33. The standard InChI is InChI=1S/C36H67O8P/c1-4-7-9-11-13-15-16-17-18-19-20-21-23-25-27-29-31-36(38)44-34(33-43-45(39,40)42-6-3)32-41-35(37)30-28-26-24-22-14-12-10-8-5-2/h15-16,18-19,34H,4-14,17,20-33H2,1-3H3,(H,39,40)/b16-15-,19-18-. The van der Waals surface area contributed by atoms with Gasteiger partial charge in [0.1, 0.15) is 6.61 Å². The van der Waals surface area contributed by atoms with E-state index in [4.69, 9.17) is 18.5 Å². The van der Waals surface area contributed by atoms with E-state index < -0.39 is 26.5 Å². The monoisotopic (exact) mass is 658 g/mol. The third-order valence-electron chi connectivity index (χ3n) is 7.51. The Morgan fingerprint density at radius 1 is 0.600 bits per heavy atom. The molecule has 2 atom stereocenters. The average molecular weight is 659 g/mol. The summed E-state index contributed by atoms with van der Waals surface area (Å²) in [5.74, 6) is -0.816. The summed E-state index contributed by atoms with van der Waals surface area (Å²) in [5, 5.41) is 0. The third-order valence-corrected chi connectivity index (χ3v) is 8.57. The quantitative estimate of drug-likeness (QED) is 0.0321. The molecule has 0 saturated heterocycles. The largest absolute Gasteiger partial charge is 0.472 e. The zero-order chi connectivity index (χ0) is 33.3. The first-order valence-corrected chi connectivity index (χ1v) is 19.6. The van der Waals surface area contributed by atoms with Crippen LogP contribution in [0.5, 0.6) is 0 Å². The first kappa shape index (κ1) is 43.5. The number of hydrogen-bond acceptors (Lipinski definition) is 7. The molecular formula is C36H67O8P. The van der Waals surface area contributed by atoms with Crippen molar-refractivity contribution in [2.45, 2.75) is 175 Å². The van der Waals surface area contributed by atoms with Gasteiger partial charge in [-0.25, -0.2) is 4.57 Å². The molecule has 0 rings (SSSR count). The molecule has 8 nitrogen and oxygen atoms in total. The van der Waals surface area contributed by atoms with Crippen molar-refractivity contribution in [3.8, 4) is 0 Å². The van der Waals surface area contributed by atoms with Crippen molar-refractivity contribution in [1.82, 2.24) is 0 Å². The highest BCUT2D eigenvalue weighted by Crippen LogP contribution is 2.43. The fourth-order valence-electron chi connectivity index (χ4n) is 4.83. The lowest BCUT2D eigenvalue weighted by atomic mass is 10.1. The molecule has 0 aromatic carbocycles. The summed E-state index contributed by atoms with van der Waals surface area (Å²) < 4.78 is 32.4. The van der Waals surface area contributed by atoms with Gasteiger partial charge in [0.25, 0.3) is 0 Å².